The molecule has 2 atom stereocenters. The highest BCUT2D eigenvalue weighted by atomic mass is 19.1. The van der Waals surface area contributed by atoms with Gasteiger partial charge < -0.3 is 5.73 Å². The van der Waals surface area contributed by atoms with Crippen molar-refractivity contribution in [2.45, 2.75) is 18.4 Å². The average molecular weight is 169 g/mol. The third-order valence-corrected chi connectivity index (χ3v) is 2.20. The maximum Gasteiger partial charge on any atom is 0.129 e. The molecular weight excluding hydrogens is 160 g/mol. The molecule has 0 saturated heterocycles. The molecule has 2 N–H and O–H groups in total. The summed E-state index contributed by atoms with van der Waals surface area (Å²) >= 11 is 0. The van der Waals surface area contributed by atoms with Crippen LogP contribution in [0.4, 0.5) is 8.78 Å². The second-order valence-electron chi connectivity index (χ2n) is 3.17. The minimum Gasteiger partial charge on any atom is -0.327 e. The fourth-order valence-electron chi connectivity index (χ4n) is 1.37. The van der Waals surface area contributed by atoms with Gasteiger partial charge >= 0.3 is 0 Å². The predicted molar refractivity (Wildman–Crippen MR) is 41.7 cm³/mol. The first-order chi connectivity index (χ1) is 5.68. The normalized spacial score (nSPS) is 27.2. The Bertz CT molecular complexity index is 311. The zero-order valence-corrected chi connectivity index (χ0v) is 6.43. The maximum atomic E-state index is 13.0. The van der Waals surface area contributed by atoms with Crippen LogP contribution < -0.4 is 5.73 Å². The molecule has 2 unspecified atom stereocenters. The minimum absolute atomic E-state index is 0.0601. The molecular formula is C9H9F2N. The number of hydrogen-bond donors (Lipinski definition) is 1. The summed E-state index contributed by atoms with van der Waals surface area (Å²) in [4.78, 5) is 0. The van der Waals surface area contributed by atoms with Gasteiger partial charge in [-0.25, -0.2) is 8.78 Å². The van der Waals surface area contributed by atoms with E-state index in [1.165, 1.54) is 12.1 Å². The summed E-state index contributed by atoms with van der Waals surface area (Å²) in [6.07, 6.45) is 0.808. The highest BCUT2D eigenvalue weighted by Crippen LogP contribution is 2.40. The van der Waals surface area contributed by atoms with E-state index in [0.29, 0.717) is 5.56 Å². The summed E-state index contributed by atoms with van der Waals surface area (Å²) < 4.78 is 25.5. The summed E-state index contributed by atoms with van der Waals surface area (Å²) in [5, 5.41) is 0. The molecule has 0 amide bonds. The van der Waals surface area contributed by atoms with E-state index in [0.717, 1.165) is 12.5 Å². The van der Waals surface area contributed by atoms with Crippen LogP contribution in [-0.2, 0) is 0 Å². The SMILES string of the molecule is NC1CC1c1ccc(F)cc1F. The molecule has 1 nitrogen and oxygen atoms in total. The Hall–Kier alpha value is -0.960. The van der Waals surface area contributed by atoms with Gasteiger partial charge in [-0.3, -0.25) is 0 Å². The van der Waals surface area contributed by atoms with E-state index in [1.54, 1.807) is 0 Å². The summed E-state index contributed by atoms with van der Waals surface area (Å²) in [6.45, 7) is 0. The lowest BCUT2D eigenvalue weighted by Crippen LogP contribution is -2.02. The second kappa shape index (κ2) is 2.52. The topological polar surface area (TPSA) is 26.0 Å². The van der Waals surface area contributed by atoms with Gasteiger partial charge in [-0.15, -0.1) is 0 Å². The summed E-state index contributed by atoms with van der Waals surface area (Å²) in [5.74, 6) is -0.913. The van der Waals surface area contributed by atoms with Gasteiger partial charge in [-0.2, -0.15) is 0 Å². The van der Waals surface area contributed by atoms with Crippen LogP contribution in [0.3, 0.4) is 0 Å². The summed E-state index contributed by atoms with van der Waals surface area (Å²) in [5.41, 5.74) is 6.09. The van der Waals surface area contributed by atoms with Crippen molar-refractivity contribution in [1.82, 2.24) is 0 Å². The molecule has 3 heteroatoms. The highest BCUT2D eigenvalue weighted by Gasteiger charge is 2.36. The Labute approximate surface area is 69.2 Å². The fourth-order valence-corrected chi connectivity index (χ4v) is 1.37. The Kier molecular flexibility index (Phi) is 1.61. The molecule has 0 spiro atoms. The van der Waals surface area contributed by atoms with Crippen LogP contribution in [0.2, 0.25) is 0 Å². The van der Waals surface area contributed by atoms with Crippen molar-refractivity contribution in [3.05, 3.63) is 35.4 Å². The van der Waals surface area contributed by atoms with E-state index in [2.05, 4.69) is 0 Å². The first-order valence-electron chi connectivity index (χ1n) is 3.89. The standard InChI is InChI=1S/C9H9F2N/c10-5-1-2-6(8(11)3-5)7-4-9(7)12/h1-3,7,9H,4,12H2. The zero-order chi connectivity index (χ0) is 8.72. The van der Waals surface area contributed by atoms with Crippen molar-refractivity contribution in [3.8, 4) is 0 Å². The maximum absolute atomic E-state index is 13.0. The van der Waals surface area contributed by atoms with E-state index >= 15 is 0 Å². The Morgan fingerprint density at radius 1 is 1.33 bits per heavy atom. The van der Waals surface area contributed by atoms with Crippen molar-refractivity contribution in [2.75, 3.05) is 0 Å². The molecule has 0 aromatic heterocycles. The summed E-state index contributed by atoms with van der Waals surface area (Å²) in [7, 11) is 0. The average Bonchev–Trinajstić information content (AvgIpc) is 2.66. The number of halogens is 2. The van der Waals surface area contributed by atoms with Crippen molar-refractivity contribution in [1.29, 1.82) is 0 Å². The molecule has 64 valence electrons. The first kappa shape index (κ1) is 7.68. The van der Waals surface area contributed by atoms with Crippen molar-refractivity contribution < 1.29 is 8.78 Å². The third kappa shape index (κ3) is 1.20. The highest BCUT2D eigenvalue weighted by molar-refractivity contribution is 5.29. The Balaban J connectivity index is 2.33. The molecule has 1 aromatic carbocycles. The molecule has 1 aliphatic rings. The van der Waals surface area contributed by atoms with E-state index in [9.17, 15) is 8.78 Å². The molecule has 1 saturated carbocycles. The van der Waals surface area contributed by atoms with Gasteiger partial charge in [-0.05, 0) is 18.1 Å². The Morgan fingerprint density at radius 2 is 2.00 bits per heavy atom. The molecule has 0 aliphatic heterocycles. The Morgan fingerprint density at radius 3 is 2.50 bits per heavy atom. The van der Waals surface area contributed by atoms with E-state index < -0.39 is 11.6 Å². The molecule has 1 aliphatic carbocycles. The smallest absolute Gasteiger partial charge is 0.129 e. The number of benzene rings is 1. The number of hydrogen-bond acceptors (Lipinski definition) is 1. The van der Waals surface area contributed by atoms with Crippen molar-refractivity contribution >= 4 is 0 Å². The van der Waals surface area contributed by atoms with Crippen LogP contribution in [0.25, 0.3) is 0 Å². The minimum atomic E-state index is -0.537. The molecule has 0 radical (unpaired) electrons. The fraction of sp³-hybridized carbons (Fsp3) is 0.333. The molecule has 12 heavy (non-hydrogen) atoms. The lowest BCUT2D eigenvalue weighted by atomic mass is 10.1. The largest absolute Gasteiger partial charge is 0.327 e. The molecule has 2 rings (SSSR count). The lowest BCUT2D eigenvalue weighted by molar-refractivity contribution is 0.572. The van der Waals surface area contributed by atoms with Crippen LogP contribution in [0.15, 0.2) is 18.2 Å². The lowest BCUT2D eigenvalue weighted by Gasteiger charge is -1.99. The second-order valence-corrected chi connectivity index (χ2v) is 3.17. The number of nitrogens with two attached hydrogens (primary N) is 1. The van der Waals surface area contributed by atoms with Gasteiger partial charge in [0, 0.05) is 18.0 Å². The van der Waals surface area contributed by atoms with Crippen molar-refractivity contribution in [2.24, 2.45) is 5.73 Å². The summed E-state index contributed by atoms with van der Waals surface area (Å²) in [6, 6.07) is 3.71. The van der Waals surface area contributed by atoms with Gasteiger partial charge in [0.1, 0.15) is 11.6 Å². The third-order valence-electron chi connectivity index (χ3n) is 2.20. The van der Waals surface area contributed by atoms with Crippen LogP contribution in [0, 0.1) is 11.6 Å². The van der Waals surface area contributed by atoms with Gasteiger partial charge in [0.2, 0.25) is 0 Å². The van der Waals surface area contributed by atoms with Gasteiger partial charge in [0.05, 0.1) is 0 Å². The van der Waals surface area contributed by atoms with E-state index in [-0.39, 0.29) is 12.0 Å². The number of rotatable bonds is 1. The van der Waals surface area contributed by atoms with E-state index in [1.807, 2.05) is 0 Å². The monoisotopic (exact) mass is 169 g/mol. The molecule has 0 bridgehead atoms. The van der Waals surface area contributed by atoms with Crippen LogP contribution in [0.5, 0.6) is 0 Å². The quantitative estimate of drug-likeness (QED) is 0.681. The first-order valence-corrected chi connectivity index (χ1v) is 3.89. The van der Waals surface area contributed by atoms with Crippen LogP contribution in [0.1, 0.15) is 17.9 Å². The van der Waals surface area contributed by atoms with Gasteiger partial charge in [0.15, 0.2) is 0 Å². The predicted octanol–water partition coefficient (Wildman–Crippen LogP) is 1.78. The van der Waals surface area contributed by atoms with E-state index in [4.69, 9.17) is 5.73 Å². The zero-order valence-electron chi connectivity index (χ0n) is 6.43. The van der Waals surface area contributed by atoms with Crippen molar-refractivity contribution in [3.63, 3.8) is 0 Å². The molecule has 1 aromatic rings. The molecule has 0 heterocycles. The van der Waals surface area contributed by atoms with Crippen LogP contribution >= 0.6 is 0 Å². The van der Waals surface area contributed by atoms with Gasteiger partial charge in [0.25, 0.3) is 0 Å². The van der Waals surface area contributed by atoms with Crippen LogP contribution in [-0.4, -0.2) is 6.04 Å². The molecule has 1 fully saturated rings. The van der Waals surface area contributed by atoms with Gasteiger partial charge in [-0.1, -0.05) is 6.07 Å².